The molecular formula is C28H64N2O2. The first-order valence-electron chi connectivity index (χ1n) is 14.1. The first-order valence-corrected chi connectivity index (χ1v) is 14.1. The number of quaternary nitrogens is 2. The maximum atomic E-state index is 2.56. The normalized spacial score (nSPS) is 14.8. The summed E-state index contributed by atoms with van der Waals surface area (Å²) >= 11 is 0. The van der Waals surface area contributed by atoms with Crippen LogP contribution < -0.4 is 0 Å². The van der Waals surface area contributed by atoms with Crippen molar-refractivity contribution in [2.75, 3.05) is 53.4 Å². The zero-order valence-electron chi connectivity index (χ0n) is 23.3. The molecule has 0 aliphatic heterocycles. The van der Waals surface area contributed by atoms with Crippen LogP contribution in [0.3, 0.4) is 0 Å². The highest BCUT2D eigenvalue weighted by Crippen LogP contribution is 2.16. The molecule has 0 aromatic heterocycles. The van der Waals surface area contributed by atoms with Gasteiger partial charge in [0.25, 0.3) is 0 Å². The average molecular weight is 461 g/mol. The predicted octanol–water partition coefficient (Wildman–Crippen LogP) is 7.85. The second-order valence-corrected chi connectivity index (χ2v) is 10.8. The molecule has 0 saturated carbocycles. The van der Waals surface area contributed by atoms with E-state index in [9.17, 15) is 0 Å². The Bertz CT molecular complexity index is 333. The van der Waals surface area contributed by atoms with Crippen LogP contribution >= 0.6 is 0 Å². The van der Waals surface area contributed by atoms with Gasteiger partial charge in [0.05, 0.1) is 53.4 Å². The Morgan fingerprint density at radius 2 is 0.500 bits per heavy atom. The molecule has 0 spiro atoms. The van der Waals surface area contributed by atoms with Gasteiger partial charge in [-0.15, -0.1) is 0 Å². The van der Waals surface area contributed by atoms with E-state index in [0.717, 1.165) is 0 Å². The van der Waals surface area contributed by atoms with Crippen LogP contribution in [0, 0.1) is 0 Å². The monoisotopic (exact) mass is 460 g/mol. The largest absolute Gasteiger partial charge is 0.870 e. The van der Waals surface area contributed by atoms with Crippen LogP contribution in [0.2, 0.25) is 0 Å². The van der Waals surface area contributed by atoms with Crippen molar-refractivity contribution < 1.29 is 19.9 Å². The predicted molar refractivity (Wildman–Crippen MR) is 142 cm³/mol. The summed E-state index contributed by atoms with van der Waals surface area (Å²) in [5.74, 6) is 0. The highest BCUT2D eigenvalue weighted by molar-refractivity contribution is 4.51. The molecule has 32 heavy (non-hydrogen) atoms. The van der Waals surface area contributed by atoms with Crippen molar-refractivity contribution in [2.45, 2.75) is 130 Å². The maximum Gasteiger partial charge on any atom is 0.0786 e. The Labute approximate surface area is 203 Å². The second-order valence-electron chi connectivity index (χ2n) is 10.8. The molecule has 0 aromatic rings. The van der Waals surface area contributed by atoms with E-state index >= 15 is 0 Å². The zero-order chi connectivity index (χ0) is 22.6. The SMILES string of the molecule is CCCCCC[N+](C)(CCCCC)CCCC[N+](C)(CCCCC)CCCCCC.[OH-].[OH-]. The molecule has 4 nitrogen and oxygen atoms in total. The van der Waals surface area contributed by atoms with Crippen LogP contribution in [0.25, 0.3) is 0 Å². The molecule has 0 fully saturated rings. The molecule has 2 unspecified atom stereocenters. The number of hydrogen-bond acceptors (Lipinski definition) is 2. The summed E-state index contributed by atoms with van der Waals surface area (Å²) < 4.78 is 2.67. The zero-order valence-corrected chi connectivity index (χ0v) is 23.3. The lowest BCUT2D eigenvalue weighted by molar-refractivity contribution is -0.916. The van der Waals surface area contributed by atoms with Crippen LogP contribution in [0.1, 0.15) is 130 Å². The molecule has 0 radical (unpaired) electrons. The van der Waals surface area contributed by atoms with Gasteiger partial charge in [0.2, 0.25) is 0 Å². The van der Waals surface area contributed by atoms with Gasteiger partial charge in [0.15, 0.2) is 0 Å². The molecule has 0 heterocycles. The molecule has 0 aromatic carbocycles. The summed E-state index contributed by atoms with van der Waals surface area (Å²) in [7, 11) is 5.11. The van der Waals surface area contributed by atoms with Gasteiger partial charge in [0, 0.05) is 12.8 Å². The molecule has 0 rings (SSSR count). The standard InChI is InChI=1S/C28H62N2.2H2O/c1-7-11-15-19-25-29(5,23-17-13-9-3)27-21-22-28-30(6,24-18-14-10-4)26-20-16-12-8-2;;/h7-28H2,1-6H3;2*1H2/q+2;;/p-2. The summed E-state index contributed by atoms with van der Waals surface area (Å²) in [5.41, 5.74) is 0. The van der Waals surface area contributed by atoms with E-state index in [1.165, 1.54) is 151 Å². The van der Waals surface area contributed by atoms with Crippen molar-refractivity contribution >= 4 is 0 Å². The van der Waals surface area contributed by atoms with Crippen LogP contribution in [-0.4, -0.2) is 73.3 Å². The Kier molecular flexibility index (Phi) is 27.3. The van der Waals surface area contributed by atoms with Gasteiger partial charge < -0.3 is 19.9 Å². The van der Waals surface area contributed by atoms with E-state index in [2.05, 4.69) is 41.8 Å². The Morgan fingerprint density at radius 3 is 0.750 bits per heavy atom. The fourth-order valence-corrected chi connectivity index (χ4v) is 4.99. The minimum absolute atomic E-state index is 0. The van der Waals surface area contributed by atoms with Crippen molar-refractivity contribution in [3.63, 3.8) is 0 Å². The smallest absolute Gasteiger partial charge is 0.0786 e. The van der Waals surface area contributed by atoms with Crippen molar-refractivity contribution in [3.05, 3.63) is 0 Å². The van der Waals surface area contributed by atoms with E-state index in [-0.39, 0.29) is 11.0 Å². The molecule has 0 aliphatic rings. The molecule has 0 amide bonds. The van der Waals surface area contributed by atoms with E-state index < -0.39 is 0 Å². The fourth-order valence-electron chi connectivity index (χ4n) is 4.99. The summed E-state index contributed by atoms with van der Waals surface area (Å²) in [4.78, 5) is 0. The van der Waals surface area contributed by atoms with Crippen molar-refractivity contribution in [3.8, 4) is 0 Å². The lowest BCUT2D eigenvalue weighted by Gasteiger charge is -2.37. The fraction of sp³-hybridized carbons (Fsp3) is 1.00. The molecule has 0 bridgehead atoms. The number of hydrogen-bond donors (Lipinski definition) is 0. The third-order valence-corrected chi connectivity index (χ3v) is 7.35. The van der Waals surface area contributed by atoms with Gasteiger partial charge in [0.1, 0.15) is 0 Å². The van der Waals surface area contributed by atoms with Gasteiger partial charge in [-0.3, -0.25) is 0 Å². The molecule has 4 heteroatoms. The van der Waals surface area contributed by atoms with Crippen molar-refractivity contribution in [1.82, 2.24) is 0 Å². The number of nitrogens with zero attached hydrogens (tertiary/aromatic N) is 2. The van der Waals surface area contributed by atoms with Crippen LogP contribution in [-0.2, 0) is 0 Å². The van der Waals surface area contributed by atoms with Gasteiger partial charge in [-0.05, 0) is 51.4 Å². The highest BCUT2D eigenvalue weighted by atomic mass is 16.0. The van der Waals surface area contributed by atoms with Gasteiger partial charge in [-0.2, -0.15) is 0 Å². The van der Waals surface area contributed by atoms with Gasteiger partial charge in [-0.25, -0.2) is 0 Å². The second kappa shape index (κ2) is 24.0. The highest BCUT2D eigenvalue weighted by Gasteiger charge is 2.23. The Hall–Kier alpha value is -0.160. The van der Waals surface area contributed by atoms with Gasteiger partial charge >= 0.3 is 0 Å². The summed E-state index contributed by atoms with van der Waals surface area (Å²) in [6.45, 7) is 17.8. The minimum atomic E-state index is 0. The number of unbranched alkanes of at least 4 members (excludes halogenated alkanes) is 11. The van der Waals surface area contributed by atoms with E-state index in [1.54, 1.807) is 0 Å². The minimum Gasteiger partial charge on any atom is -0.870 e. The molecule has 2 atom stereocenters. The average Bonchev–Trinajstić information content (AvgIpc) is 2.73. The summed E-state index contributed by atoms with van der Waals surface area (Å²) in [5, 5.41) is 0. The van der Waals surface area contributed by atoms with E-state index in [0.29, 0.717) is 0 Å². The first kappa shape index (κ1) is 36.4. The molecule has 2 N–H and O–H groups in total. The summed E-state index contributed by atoms with van der Waals surface area (Å²) in [6.07, 6.45) is 22.5. The molecule has 0 aliphatic carbocycles. The lowest BCUT2D eigenvalue weighted by Crippen LogP contribution is -2.48. The van der Waals surface area contributed by atoms with E-state index in [1.807, 2.05) is 0 Å². The maximum absolute atomic E-state index is 2.56. The van der Waals surface area contributed by atoms with Crippen molar-refractivity contribution in [2.24, 2.45) is 0 Å². The van der Waals surface area contributed by atoms with Gasteiger partial charge in [-0.1, -0.05) is 66.2 Å². The topological polar surface area (TPSA) is 60.0 Å². The third kappa shape index (κ3) is 20.4. The quantitative estimate of drug-likeness (QED) is 0.115. The number of rotatable bonds is 23. The van der Waals surface area contributed by atoms with E-state index in [4.69, 9.17) is 0 Å². The first-order chi connectivity index (χ1) is 14.4. The Balaban J connectivity index is -0.00000420. The third-order valence-electron chi connectivity index (χ3n) is 7.35. The van der Waals surface area contributed by atoms with Crippen LogP contribution in [0.5, 0.6) is 0 Å². The molecule has 198 valence electrons. The van der Waals surface area contributed by atoms with Crippen LogP contribution in [0.15, 0.2) is 0 Å². The Morgan fingerprint density at radius 1 is 0.312 bits per heavy atom. The molecular weight excluding hydrogens is 396 g/mol. The lowest BCUT2D eigenvalue weighted by atomic mass is 10.1. The van der Waals surface area contributed by atoms with Crippen molar-refractivity contribution in [1.29, 1.82) is 0 Å². The van der Waals surface area contributed by atoms with Crippen LogP contribution in [0.4, 0.5) is 0 Å². The summed E-state index contributed by atoms with van der Waals surface area (Å²) in [6, 6.07) is 0. The molecule has 0 saturated heterocycles.